The molecule has 2 heterocycles. The lowest BCUT2D eigenvalue weighted by atomic mass is 10.0. The first-order valence-corrected chi connectivity index (χ1v) is 13.6. The Morgan fingerprint density at radius 3 is 2.22 bits per heavy atom. The molecule has 1 aromatic heterocycles. The summed E-state index contributed by atoms with van der Waals surface area (Å²) in [5, 5.41) is 0.901. The van der Waals surface area contributed by atoms with Crippen molar-refractivity contribution >= 4 is 20.9 Å². The highest BCUT2D eigenvalue weighted by atomic mass is 32.2. The standard InChI is InChI=1S/C29H30N2O5S/c1-17-10-20(4)28(21(5)11-17)37(33,34)31(14-22-8-9-25-26(12-22)36-16-35-25)15-23-13-24-18(2)6-7-19(3)27(24)30-29(23)32/h6-13H,14-16H2,1-5H3,(H,30,32). The number of aromatic nitrogens is 1. The third-order valence-electron chi connectivity index (χ3n) is 6.87. The van der Waals surface area contributed by atoms with Crippen LogP contribution in [0.4, 0.5) is 0 Å². The molecule has 0 atom stereocenters. The van der Waals surface area contributed by atoms with Crippen LogP contribution in [0.3, 0.4) is 0 Å². The maximum Gasteiger partial charge on any atom is 0.252 e. The molecule has 0 spiro atoms. The number of nitrogens with zero attached hydrogens (tertiary/aromatic N) is 1. The average molecular weight is 519 g/mol. The zero-order valence-electron chi connectivity index (χ0n) is 21.6. The van der Waals surface area contributed by atoms with E-state index in [-0.39, 0.29) is 30.3 Å². The predicted octanol–water partition coefficient (Wildman–Crippen LogP) is 5.19. The molecule has 0 saturated heterocycles. The molecule has 1 N–H and O–H groups in total. The SMILES string of the molecule is Cc1cc(C)c(S(=O)(=O)N(Cc2ccc3c(c2)OCO3)Cc2cc3c(C)ccc(C)c3[nH]c2=O)c(C)c1. The Kier molecular flexibility index (Phi) is 6.33. The fourth-order valence-corrected chi connectivity index (χ4v) is 6.92. The molecule has 3 aromatic carbocycles. The molecule has 0 bridgehead atoms. The number of rotatable bonds is 6. The largest absolute Gasteiger partial charge is 0.454 e. The summed E-state index contributed by atoms with van der Waals surface area (Å²) in [5.41, 5.74) is 5.89. The molecule has 192 valence electrons. The summed E-state index contributed by atoms with van der Waals surface area (Å²) in [6.07, 6.45) is 0. The summed E-state index contributed by atoms with van der Waals surface area (Å²) in [5.74, 6) is 1.20. The molecule has 37 heavy (non-hydrogen) atoms. The highest BCUT2D eigenvalue weighted by Gasteiger charge is 2.30. The van der Waals surface area contributed by atoms with E-state index in [4.69, 9.17) is 9.47 Å². The molecule has 0 unspecified atom stereocenters. The van der Waals surface area contributed by atoms with Gasteiger partial charge in [-0.15, -0.1) is 0 Å². The molecular weight excluding hydrogens is 488 g/mol. The van der Waals surface area contributed by atoms with Crippen molar-refractivity contribution in [1.82, 2.24) is 9.29 Å². The Bertz CT molecular complexity index is 1680. The summed E-state index contributed by atoms with van der Waals surface area (Å²) < 4.78 is 40.7. The van der Waals surface area contributed by atoms with Crippen molar-refractivity contribution in [3.05, 3.63) is 97.8 Å². The van der Waals surface area contributed by atoms with Gasteiger partial charge in [0, 0.05) is 24.0 Å². The van der Waals surface area contributed by atoms with Crippen LogP contribution >= 0.6 is 0 Å². The lowest BCUT2D eigenvalue weighted by Gasteiger charge is -2.25. The minimum Gasteiger partial charge on any atom is -0.454 e. The number of sulfonamides is 1. The van der Waals surface area contributed by atoms with Crippen molar-refractivity contribution in [2.24, 2.45) is 0 Å². The number of ether oxygens (including phenoxy) is 2. The van der Waals surface area contributed by atoms with E-state index < -0.39 is 10.0 Å². The van der Waals surface area contributed by atoms with E-state index in [9.17, 15) is 13.2 Å². The van der Waals surface area contributed by atoms with Gasteiger partial charge in [0.25, 0.3) is 5.56 Å². The average Bonchev–Trinajstić information content (AvgIpc) is 3.29. The number of H-pyrrole nitrogens is 1. The van der Waals surface area contributed by atoms with Gasteiger partial charge in [0.2, 0.25) is 16.8 Å². The van der Waals surface area contributed by atoms with E-state index in [1.54, 1.807) is 26.0 Å². The van der Waals surface area contributed by atoms with Gasteiger partial charge in [0.1, 0.15) is 0 Å². The van der Waals surface area contributed by atoms with Gasteiger partial charge in [-0.3, -0.25) is 4.79 Å². The first-order valence-electron chi connectivity index (χ1n) is 12.1. The first-order chi connectivity index (χ1) is 17.5. The molecule has 0 radical (unpaired) electrons. The Hall–Kier alpha value is -3.62. The van der Waals surface area contributed by atoms with Crippen molar-refractivity contribution in [2.45, 2.75) is 52.6 Å². The second-order valence-corrected chi connectivity index (χ2v) is 11.7. The van der Waals surface area contributed by atoms with E-state index >= 15 is 0 Å². The zero-order valence-corrected chi connectivity index (χ0v) is 22.5. The fourth-order valence-electron chi connectivity index (χ4n) is 5.10. The van der Waals surface area contributed by atoms with Gasteiger partial charge in [-0.1, -0.05) is 35.9 Å². The number of aromatic amines is 1. The zero-order chi connectivity index (χ0) is 26.5. The van der Waals surface area contributed by atoms with Crippen LogP contribution in [-0.2, 0) is 23.1 Å². The van der Waals surface area contributed by atoms with Crippen LogP contribution in [0, 0.1) is 34.6 Å². The Morgan fingerprint density at radius 2 is 1.49 bits per heavy atom. The van der Waals surface area contributed by atoms with E-state index in [2.05, 4.69) is 4.98 Å². The molecular formula is C29H30N2O5S. The van der Waals surface area contributed by atoms with Crippen molar-refractivity contribution < 1.29 is 17.9 Å². The Balaban J connectivity index is 1.63. The number of hydrogen-bond acceptors (Lipinski definition) is 5. The van der Waals surface area contributed by atoms with Crippen LogP contribution in [0.1, 0.15) is 38.9 Å². The van der Waals surface area contributed by atoms with Gasteiger partial charge in [0.15, 0.2) is 11.5 Å². The van der Waals surface area contributed by atoms with Crippen LogP contribution in [0.5, 0.6) is 11.5 Å². The molecule has 1 aliphatic rings. The molecule has 4 aromatic rings. The lowest BCUT2D eigenvalue weighted by Crippen LogP contribution is -2.33. The summed E-state index contributed by atoms with van der Waals surface area (Å²) in [6.45, 7) is 9.59. The number of fused-ring (bicyclic) bond motifs is 2. The quantitative estimate of drug-likeness (QED) is 0.380. The summed E-state index contributed by atoms with van der Waals surface area (Å²) in [6, 6.07) is 14.9. The number of benzene rings is 3. The first kappa shape index (κ1) is 25.0. The fraction of sp³-hybridized carbons (Fsp3) is 0.276. The molecule has 0 fully saturated rings. The lowest BCUT2D eigenvalue weighted by molar-refractivity contribution is 0.174. The van der Waals surface area contributed by atoms with Crippen LogP contribution in [-0.4, -0.2) is 24.5 Å². The van der Waals surface area contributed by atoms with Gasteiger partial charge in [-0.25, -0.2) is 8.42 Å². The van der Waals surface area contributed by atoms with Gasteiger partial charge in [-0.05, 0) is 80.6 Å². The maximum atomic E-state index is 14.2. The number of nitrogens with one attached hydrogen (secondary N) is 1. The topological polar surface area (TPSA) is 88.7 Å². The van der Waals surface area contributed by atoms with E-state index in [1.165, 1.54) is 4.31 Å². The van der Waals surface area contributed by atoms with Crippen molar-refractivity contribution in [3.8, 4) is 11.5 Å². The highest BCUT2D eigenvalue weighted by molar-refractivity contribution is 7.89. The molecule has 5 rings (SSSR count). The monoisotopic (exact) mass is 518 g/mol. The molecule has 7 nitrogen and oxygen atoms in total. The van der Waals surface area contributed by atoms with Gasteiger partial charge < -0.3 is 14.5 Å². The van der Waals surface area contributed by atoms with E-state index in [1.807, 2.05) is 57.2 Å². The molecule has 0 saturated carbocycles. The van der Waals surface area contributed by atoms with Crippen LogP contribution in [0.15, 0.2) is 58.2 Å². The van der Waals surface area contributed by atoms with Crippen molar-refractivity contribution in [1.29, 1.82) is 0 Å². The summed E-state index contributed by atoms with van der Waals surface area (Å²) >= 11 is 0. The normalized spacial score (nSPS) is 13.0. The molecule has 8 heteroatoms. The maximum absolute atomic E-state index is 14.2. The minimum atomic E-state index is -3.97. The van der Waals surface area contributed by atoms with Gasteiger partial charge in [-0.2, -0.15) is 4.31 Å². The van der Waals surface area contributed by atoms with Crippen LogP contribution in [0.2, 0.25) is 0 Å². The third kappa shape index (κ3) is 4.63. The smallest absolute Gasteiger partial charge is 0.252 e. The second-order valence-electron chi connectivity index (χ2n) is 9.80. The molecule has 1 aliphatic heterocycles. The number of hydrogen-bond donors (Lipinski definition) is 1. The minimum absolute atomic E-state index is 0.0655. The number of pyridine rings is 1. The number of aryl methyl sites for hydroxylation is 5. The predicted molar refractivity (Wildman–Crippen MR) is 144 cm³/mol. The van der Waals surface area contributed by atoms with E-state index in [0.717, 1.165) is 33.2 Å². The van der Waals surface area contributed by atoms with Gasteiger partial charge >= 0.3 is 0 Å². The summed E-state index contributed by atoms with van der Waals surface area (Å²) in [4.78, 5) is 16.4. The van der Waals surface area contributed by atoms with Crippen molar-refractivity contribution in [2.75, 3.05) is 6.79 Å². The highest BCUT2D eigenvalue weighted by Crippen LogP contribution is 2.34. The summed E-state index contributed by atoms with van der Waals surface area (Å²) in [7, 11) is -3.97. The van der Waals surface area contributed by atoms with E-state index in [0.29, 0.717) is 28.2 Å². The second kappa shape index (κ2) is 9.36. The van der Waals surface area contributed by atoms with Crippen LogP contribution in [0.25, 0.3) is 10.9 Å². The Labute approximate surface area is 216 Å². The third-order valence-corrected chi connectivity index (χ3v) is 8.96. The van der Waals surface area contributed by atoms with Crippen LogP contribution < -0.4 is 15.0 Å². The molecule has 0 amide bonds. The Morgan fingerprint density at radius 1 is 0.811 bits per heavy atom. The molecule has 0 aliphatic carbocycles. The van der Waals surface area contributed by atoms with Crippen molar-refractivity contribution in [3.63, 3.8) is 0 Å². The van der Waals surface area contributed by atoms with Gasteiger partial charge in [0.05, 0.1) is 10.4 Å².